The molecule has 0 aliphatic rings. The number of nitrogens with one attached hydrogen (secondary N) is 1. The van der Waals surface area contributed by atoms with Crippen molar-refractivity contribution in [1.29, 1.82) is 5.26 Å². The highest BCUT2D eigenvalue weighted by Gasteiger charge is 2.13. The Hall–Kier alpha value is -2.98. The topological polar surface area (TPSA) is 74.7 Å². The summed E-state index contributed by atoms with van der Waals surface area (Å²) in [5, 5.41) is 22.1. The van der Waals surface area contributed by atoms with E-state index in [0.717, 1.165) is 16.8 Å². The average Bonchev–Trinajstić information content (AvgIpc) is 3.24. The third kappa shape index (κ3) is 5.39. The first kappa shape index (κ1) is 21.3. The number of hydrogen-bond acceptors (Lipinski definition) is 6. The van der Waals surface area contributed by atoms with Gasteiger partial charge in [0.05, 0.1) is 33.8 Å². The van der Waals surface area contributed by atoms with Crippen molar-refractivity contribution in [2.75, 3.05) is 5.32 Å². The third-order valence-corrected chi connectivity index (χ3v) is 5.99. The maximum absolute atomic E-state index is 8.88. The highest BCUT2D eigenvalue weighted by Crippen LogP contribution is 2.34. The Labute approximate surface area is 194 Å². The number of rotatable bonds is 7. The SMILES string of the molecule is N#Cc1ccc(CSc2nnc(Cc3ccccc3Nc3c(Cl)cccc3Cl)o2)cc1. The van der Waals surface area contributed by atoms with Gasteiger partial charge in [0.1, 0.15) is 0 Å². The Kier molecular flexibility index (Phi) is 6.78. The zero-order valence-corrected chi connectivity index (χ0v) is 18.5. The van der Waals surface area contributed by atoms with Gasteiger partial charge in [-0.15, -0.1) is 10.2 Å². The molecule has 1 N–H and O–H groups in total. The van der Waals surface area contributed by atoms with Crippen molar-refractivity contribution in [3.8, 4) is 6.07 Å². The lowest BCUT2D eigenvalue weighted by molar-refractivity contribution is 0.420. The molecule has 3 aromatic carbocycles. The molecule has 1 heterocycles. The van der Waals surface area contributed by atoms with Crippen molar-refractivity contribution >= 4 is 46.3 Å². The minimum atomic E-state index is 0.468. The molecule has 0 spiro atoms. The summed E-state index contributed by atoms with van der Waals surface area (Å²) in [6.45, 7) is 0. The maximum atomic E-state index is 8.88. The van der Waals surface area contributed by atoms with E-state index in [1.165, 1.54) is 11.8 Å². The first-order chi connectivity index (χ1) is 15.1. The number of para-hydroxylation sites is 2. The van der Waals surface area contributed by atoms with Gasteiger partial charge in [0, 0.05) is 11.4 Å². The van der Waals surface area contributed by atoms with Crippen molar-refractivity contribution in [2.24, 2.45) is 0 Å². The fourth-order valence-electron chi connectivity index (χ4n) is 2.90. The minimum Gasteiger partial charge on any atom is -0.416 e. The fourth-order valence-corrected chi connectivity index (χ4v) is 4.13. The predicted octanol–water partition coefficient (Wildman–Crippen LogP) is 6.87. The summed E-state index contributed by atoms with van der Waals surface area (Å²) in [6.07, 6.45) is 0.468. The van der Waals surface area contributed by atoms with Crippen LogP contribution in [0.1, 0.15) is 22.6 Å². The van der Waals surface area contributed by atoms with Crippen LogP contribution in [0, 0.1) is 11.3 Å². The highest BCUT2D eigenvalue weighted by atomic mass is 35.5. The average molecular weight is 467 g/mol. The van der Waals surface area contributed by atoms with Crippen LogP contribution in [0.4, 0.5) is 11.4 Å². The molecule has 0 radical (unpaired) electrons. The van der Waals surface area contributed by atoms with Gasteiger partial charge in [-0.1, -0.05) is 71.4 Å². The van der Waals surface area contributed by atoms with Crippen molar-refractivity contribution in [1.82, 2.24) is 10.2 Å². The van der Waals surface area contributed by atoms with Gasteiger partial charge in [-0.05, 0) is 41.5 Å². The largest absolute Gasteiger partial charge is 0.416 e. The smallest absolute Gasteiger partial charge is 0.276 e. The second-order valence-electron chi connectivity index (χ2n) is 6.61. The number of aromatic nitrogens is 2. The Bertz CT molecular complexity index is 1210. The van der Waals surface area contributed by atoms with Crippen molar-refractivity contribution in [3.63, 3.8) is 0 Å². The molecule has 0 atom stereocenters. The molecule has 0 amide bonds. The summed E-state index contributed by atoms with van der Waals surface area (Å²) in [7, 11) is 0. The van der Waals surface area contributed by atoms with Crippen molar-refractivity contribution < 1.29 is 4.42 Å². The van der Waals surface area contributed by atoms with Crippen LogP contribution in [-0.4, -0.2) is 10.2 Å². The highest BCUT2D eigenvalue weighted by molar-refractivity contribution is 7.98. The zero-order valence-electron chi connectivity index (χ0n) is 16.2. The second-order valence-corrected chi connectivity index (χ2v) is 8.36. The number of nitriles is 1. The Morgan fingerprint density at radius 1 is 0.935 bits per heavy atom. The van der Waals surface area contributed by atoms with Gasteiger partial charge < -0.3 is 9.73 Å². The molecule has 0 bridgehead atoms. The van der Waals surface area contributed by atoms with Crippen molar-refractivity contribution in [3.05, 3.63) is 99.4 Å². The molecular formula is C23H16Cl2N4OS. The number of benzene rings is 3. The molecule has 1 aromatic heterocycles. The second kappa shape index (κ2) is 9.88. The summed E-state index contributed by atoms with van der Waals surface area (Å²) in [5.74, 6) is 1.19. The number of hydrogen-bond donors (Lipinski definition) is 1. The molecule has 0 aliphatic heterocycles. The van der Waals surface area contributed by atoms with Crippen LogP contribution in [0.3, 0.4) is 0 Å². The molecule has 0 fully saturated rings. The van der Waals surface area contributed by atoms with Gasteiger partial charge in [-0.25, -0.2) is 0 Å². The first-order valence-electron chi connectivity index (χ1n) is 9.35. The molecule has 0 aliphatic carbocycles. The van der Waals surface area contributed by atoms with Gasteiger partial charge in [0.2, 0.25) is 5.89 Å². The Morgan fingerprint density at radius 3 is 2.42 bits per heavy atom. The molecule has 0 unspecified atom stereocenters. The zero-order chi connectivity index (χ0) is 21.6. The van der Waals surface area contributed by atoms with Crippen LogP contribution in [0.2, 0.25) is 10.0 Å². The fraction of sp³-hybridized carbons (Fsp3) is 0.0870. The molecule has 31 heavy (non-hydrogen) atoms. The van der Waals surface area contributed by atoms with E-state index in [0.29, 0.717) is 44.6 Å². The number of nitrogens with zero attached hydrogens (tertiary/aromatic N) is 3. The van der Waals surface area contributed by atoms with E-state index in [2.05, 4.69) is 21.6 Å². The van der Waals surface area contributed by atoms with Crippen LogP contribution in [-0.2, 0) is 12.2 Å². The molecule has 0 saturated carbocycles. The summed E-state index contributed by atoms with van der Waals surface area (Å²) < 4.78 is 5.82. The van der Waals surface area contributed by atoms with Gasteiger partial charge in [0.15, 0.2) is 0 Å². The summed E-state index contributed by atoms with van der Waals surface area (Å²) in [6, 6.07) is 22.7. The van der Waals surface area contributed by atoms with E-state index in [4.69, 9.17) is 32.9 Å². The maximum Gasteiger partial charge on any atom is 0.276 e. The molecular weight excluding hydrogens is 451 g/mol. The van der Waals surface area contributed by atoms with E-state index in [1.54, 1.807) is 30.3 Å². The van der Waals surface area contributed by atoms with Crippen molar-refractivity contribution in [2.45, 2.75) is 17.4 Å². The quantitative estimate of drug-likeness (QED) is 0.299. The third-order valence-electron chi connectivity index (χ3n) is 4.48. The molecule has 4 rings (SSSR count). The number of thioether (sulfide) groups is 1. The van der Waals surface area contributed by atoms with Gasteiger partial charge in [0.25, 0.3) is 5.22 Å². The van der Waals surface area contributed by atoms with Crippen LogP contribution in [0.5, 0.6) is 0 Å². The van der Waals surface area contributed by atoms with Gasteiger partial charge >= 0.3 is 0 Å². The van der Waals surface area contributed by atoms with Gasteiger partial charge in [-0.3, -0.25) is 0 Å². The van der Waals surface area contributed by atoms with Crippen LogP contribution in [0.25, 0.3) is 0 Å². The number of anilines is 2. The number of halogens is 2. The lowest BCUT2D eigenvalue weighted by atomic mass is 10.1. The van der Waals surface area contributed by atoms with E-state index in [9.17, 15) is 0 Å². The van der Waals surface area contributed by atoms with E-state index < -0.39 is 0 Å². The normalized spacial score (nSPS) is 10.6. The molecule has 154 valence electrons. The summed E-state index contributed by atoms with van der Waals surface area (Å²) in [5.41, 5.74) is 4.21. The van der Waals surface area contributed by atoms with E-state index in [1.807, 2.05) is 36.4 Å². The lowest BCUT2D eigenvalue weighted by Crippen LogP contribution is -1.98. The molecule has 0 saturated heterocycles. The Morgan fingerprint density at radius 2 is 1.68 bits per heavy atom. The van der Waals surface area contributed by atoms with Crippen LogP contribution >= 0.6 is 35.0 Å². The summed E-state index contributed by atoms with van der Waals surface area (Å²) >= 11 is 14.0. The lowest BCUT2D eigenvalue weighted by Gasteiger charge is -2.13. The molecule has 8 heteroatoms. The monoisotopic (exact) mass is 466 g/mol. The van der Waals surface area contributed by atoms with Gasteiger partial charge in [-0.2, -0.15) is 5.26 Å². The molecule has 5 nitrogen and oxygen atoms in total. The van der Waals surface area contributed by atoms with E-state index in [-0.39, 0.29) is 0 Å². The Balaban J connectivity index is 1.44. The van der Waals surface area contributed by atoms with Crippen LogP contribution in [0.15, 0.2) is 76.4 Å². The predicted molar refractivity (Wildman–Crippen MR) is 124 cm³/mol. The molecule has 4 aromatic rings. The van der Waals surface area contributed by atoms with E-state index >= 15 is 0 Å². The standard InChI is InChI=1S/C23H16Cl2N4OS/c24-18-5-3-6-19(25)22(18)27-20-7-2-1-4-17(20)12-21-28-29-23(30-21)31-14-16-10-8-15(13-26)9-11-16/h1-11,27H,12,14H2. The van der Waals surface area contributed by atoms with Crippen LogP contribution < -0.4 is 5.32 Å². The summed E-state index contributed by atoms with van der Waals surface area (Å²) in [4.78, 5) is 0. The first-order valence-corrected chi connectivity index (χ1v) is 11.1. The minimum absolute atomic E-state index is 0.468.